The van der Waals surface area contributed by atoms with Crippen LogP contribution in [0.5, 0.6) is 11.5 Å². The second-order valence-corrected chi connectivity index (χ2v) is 5.11. The molecule has 0 aliphatic carbocycles. The lowest BCUT2D eigenvalue weighted by atomic mass is 10.1. The average molecular weight is 271 g/mol. The molecule has 0 saturated carbocycles. The first-order chi connectivity index (χ1) is 8.65. The van der Waals surface area contributed by atoms with Gasteiger partial charge in [0.2, 0.25) is 0 Å². The molecule has 0 spiro atoms. The van der Waals surface area contributed by atoms with Crippen LogP contribution in [0.3, 0.4) is 0 Å². The summed E-state index contributed by atoms with van der Waals surface area (Å²) in [5.41, 5.74) is 6.71. The smallest absolute Gasteiger partial charge is 0.133 e. The molecule has 0 bridgehead atoms. The maximum Gasteiger partial charge on any atom is 0.133 e. The number of hydrogen-bond acceptors (Lipinski definition) is 5. The fraction of sp³-hybridized carbons (Fsp3) is 0.538. The fourth-order valence-electron chi connectivity index (χ4n) is 1.60. The van der Waals surface area contributed by atoms with E-state index in [0.29, 0.717) is 6.54 Å². The van der Waals surface area contributed by atoms with Gasteiger partial charge in [-0.3, -0.25) is 0 Å². The molecule has 1 atom stereocenters. The van der Waals surface area contributed by atoms with Crippen molar-refractivity contribution >= 4 is 11.8 Å². The van der Waals surface area contributed by atoms with E-state index in [1.165, 1.54) is 0 Å². The van der Waals surface area contributed by atoms with Crippen molar-refractivity contribution in [3.8, 4) is 11.5 Å². The number of hydrogen-bond donors (Lipinski definition) is 1. The largest absolute Gasteiger partial charge is 0.496 e. The molecular weight excluding hydrogens is 250 g/mol. The fourth-order valence-corrected chi connectivity index (χ4v) is 2.49. The lowest BCUT2D eigenvalue weighted by Crippen LogP contribution is -2.05. The monoisotopic (exact) mass is 271 g/mol. The van der Waals surface area contributed by atoms with E-state index in [0.717, 1.165) is 28.4 Å². The third-order valence-electron chi connectivity index (χ3n) is 2.61. The minimum absolute atomic E-state index is 0.0592. The van der Waals surface area contributed by atoms with Gasteiger partial charge in [-0.25, -0.2) is 0 Å². The van der Waals surface area contributed by atoms with Gasteiger partial charge in [0, 0.05) is 7.11 Å². The Morgan fingerprint density at radius 1 is 1.17 bits per heavy atom. The van der Waals surface area contributed by atoms with Crippen LogP contribution in [0, 0.1) is 0 Å². The van der Waals surface area contributed by atoms with Crippen molar-refractivity contribution in [3.63, 3.8) is 0 Å². The van der Waals surface area contributed by atoms with Gasteiger partial charge in [0.1, 0.15) is 16.9 Å². The molecule has 18 heavy (non-hydrogen) atoms. The normalized spacial score (nSPS) is 12.3. The topological polar surface area (TPSA) is 53.7 Å². The third kappa shape index (κ3) is 3.80. The average Bonchev–Trinajstić information content (AvgIpc) is 2.39. The maximum atomic E-state index is 5.59. The summed E-state index contributed by atoms with van der Waals surface area (Å²) in [4.78, 5) is 1.00. The van der Waals surface area contributed by atoms with Gasteiger partial charge in [0.05, 0.1) is 19.1 Å². The first-order valence-electron chi connectivity index (χ1n) is 5.80. The van der Waals surface area contributed by atoms with Crippen LogP contribution in [-0.4, -0.2) is 33.3 Å². The number of nitrogens with two attached hydrogens (primary N) is 1. The predicted octanol–water partition coefficient (Wildman–Crippen LogP) is 2.29. The van der Waals surface area contributed by atoms with Crippen molar-refractivity contribution in [2.24, 2.45) is 5.73 Å². The molecule has 0 fully saturated rings. The Morgan fingerprint density at radius 3 is 2.33 bits per heavy atom. The second kappa shape index (κ2) is 7.51. The Kier molecular flexibility index (Phi) is 6.32. The lowest BCUT2D eigenvalue weighted by molar-refractivity contribution is 0.187. The van der Waals surface area contributed by atoms with Crippen molar-refractivity contribution in [1.82, 2.24) is 0 Å². The molecule has 102 valence electrons. The summed E-state index contributed by atoms with van der Waals surface area (Å²) >= 11 is 1.59. The number of thioether (sulfide) groups is 1. The molecule has 0 heterocycles. The van der Waals surface area contributed by atoms with Gasteiger partial charge in [-0.1, -0.05) is 11.8 Å². The van der Waals surface area contributed by atoms with Crippen LogP contribution < -0.4 is 15.2 Å². The molecule has 0 aliphatic rings. The van der Waals surface area contributed by atoms with Gasteiger partial charge in [-0.05, 0) is 37.6 Å². The molecule has 1 aromatic carbocycles. The summed E-state index contributed by atoms with van der Waals surface area (Å²) in [7, 11) is 5.01. The molecular formula is C13H21NO3S. The summed E-state index contributed by atoms with van der Waals surface area (Å²) < 4.78 is 16.0. The Hall–Kier alpha value is -0.910. The van der Waals surface area contributed by atoms with Gasteiger partial charge >= 0.3 is 0 Å². The molecule has 0 aromatic heterocycles. The van der Waals surface area contributed by atoms with Crippen LogP contribution in [0.25, 0.3) is 0 Å². The summed E-state index contributed by atoms with van der Waals surface area (Å²) in [6.07, 6.45) is 0.768. The molecule has 0 amide bonds. The van der Waals surface area contributed by atoms with Crippen molar-refractivity contribution in [3.05, 3.63) is 17.7 Å². The molecule has 1 unspecified atom stereocenters. The van der Waals surface area contributed by atoms with Crippen molar-refractivity contribution < 1.29 is 14.2 Å². The molecule has 5 heteroatoms. The Labute approximate surface area is 113 Å². The van der Waals surface area contributed by atoms with Gasteiger partial charge < -0.3 is 19.9 Å². The predicted molar refractivity (Wildman–Crippen MR) is 74.6 cm³/mol. The van der Waals surface area contributed by atoms with E-state index in [1.54, 1.807) is 33.1 Å². The van der Waals surface area contributed by atoms with E-state index >= 15 is 0 Å². The molecule has 1 rings (SSSR count). The summed E-state index contributed by atoms with van der Waals surface area (Å²) in [5, 5.41) is 0. The number of rotatable bonds is 7. The number of ether oxygens (including phenoxy) is 3. The summed E-state index contributed by atoms with van der Waals surface area (Å²) in [6.45, 7) is 2.57. The zero-order chi connectivity index (χ0) is 13.5. The molecule has 1 aromatic rings. The molecule has 0 saturated heterocycles. The Morgan fingerprint density at radius 2 is 1.83 bits per heavy atom. The van der Waals surface area contributed by atoms with Crippen LogP contribution in [0.4, 0.5) is 0 Å². The standard InChI is InChI=1S/C13H21NO3S/c1-9(15-2)18-13-8-11(16-3)10(5-6-14)7-12(13)17-4/h7-9H,5-6,14H2,1-4H3. The van der Waals surface area contributed by atoms with E-state index in [1.807, 2.05) is 19.1 Å². The van der Waals surface area contributed by atoms with Crippen molar-refractivity contribution in [2.45, 2.75) is 23.7 Å². The van der Waals surface area contributed by atoms with Gasteiger partial charge in [-0.15, -0.1) is 0 Å². The highest BCUT2D eigenvalue weighted by atomic mass is 32.2. The number of methoxy groups -OCH3 is 3. The van der Waals surface area contributed by atoms with Crippen LogP contribution >= 0.6 is 11.8 Å². The zero-order valence-electron chi connectivity index (χ0n) is 11.4. The number of benzene rings is 1. The molecule has 4 nitrogen and oxygen atoms in total. The molecule has 2 N–H and O–H groups in total. The van der Waals surface area contributed by atoms with Crippen molar-refractivity contribution in [2.75, 3.05) is 27.9 Å². The first kappa shape index (κ1) is 15.1. The highest BCUT2D eigenvalue weighted by Crippen LogP contribution is 2.37. The van der Waals surface area contributed by atoms with Crippen LogP contribution in [0.2, 0.25) is 0 Å². The van der Waals surface area contributed by atoms with Crippen LogP contribution in [-0.2, 0) is 11.2 Å². The highest BCUT2D eigenvalue weighted by molar-refractivity contribution is 7.99. The van der Waals surface area contributed by atoms with E-state index in [-0.39, 0.29) is 5.44 Å². The van der Waals surface area contributed by atoms with Crippen molar-refractivity contribution in [1.29, 1.82) is 0 Å². The molecule has 0 aliphatic heterocycles. The quantitative estimate of drug-likeness (QED) is 0.609. The second-order valence-electron chi connectivity index (χ2n) is 3.77. The minimum Gasteiger partial charge on any atom is -0.496 e. The van der Waals surface area contributed by atoms with E-state index in [2.05, 4.69) is 0 Å². The summed E-state index contributed by atoms with van der Waals surface area (Å²) in [5.74, 6) is 1.67. The van der Waals surface area contributed by atoms with E-state index in [9.17, 15) is 0 Å². The Balaban J connectivity index is 3.09. The zero-order valence-corrected chi connectivity index (χ0v) is 12.2. The van der Waals surface area contributed by atoms with Gasteiger partial charge in [0.15, 0.2) is 0 Å². The lowest BCUT2D eigenvalue weighted by Gasteiger charge is -2.16. The highest BCUT2D eigenvalue weighted by Gasteiger charge is 2.13. The Bertz CT molecular complexity index is 385. The van der Waals surface area contributed by atoms with E-state index in [4.69, 9.17) is 19.9 Å². The van der Waals surface area contributed by atoms with E-state index < -0.39 is 0 Å². The minimum atomic E-state index is 0.0592. The van der Waals surface area contributed by atoms with Crippen LogP contribution in [0.15, 0.2) is 17.0 Å². The SMILES string of the molecule is COc1cc(SC(C)OC)c(OC)cc1CCN. The maximum absolute atomic E-state index is 5.59. The van der Waals surface area contributed by atoms with Crippen LogP contribution in [0.1, 0.15) is 12.5 Å². The third-order valence-corrected chi connectivity index (χ3v) is 3.70. The van der Waals surface area contributed by atoms with Gasteiger partial charge in [-0.2, -0.15) is 0 Å². The van der Waals surface area contributed by atoms with Gasteiger partial charge in [0.25, 0.3) is 0 Å². The summed E-state index contributed by atoms with van der Waals surface area (Å²) in [6, 6.07) is 3.96. The molecule has 0 radical (unpaired) electrons. The first-order valence-corrected chi connectivity index (χ1v) is 6.68.